The normalized spacial score (nSPS) is 20.6. The second-order valence-electron chi connectivity index (χ2n) is 5.63. The van der Waals surface area contributed by atoms with Gasteiger partial charge in [-0.1, -0.05) is 19.1 Å². The van der Waals surface area contributed by atoms with E-state index >= 15 is 0 Å². The van der Waals surface area contributed by atoms with E-state index < -0.39 is 0 Å². The van der Waals surface area contributed by atoms with Gasteiger partial charge in [0.05, 0.1) is 30.3 Å². The Bertz CT molecular complexity index is 578. The fraction of sp³-hybridized carbons (Fsp3) is 0.562. The van der Waals surface area contributed by atoms with Crippen LogP contribution >= 0.6 is 0 Å². The summed E-state index contributed by atoms with van der Waals surface area (Å²) >= 11 is 0. The van der Waals surface area contributed by atoms with E-state index in [4.69, 9.17) is 9.72 Å². The number of hydrogen-bond donors (Lipinski definition) is 0. The number of hydrogen-bond acceptors (Lipinski definition) is 3. The van der Waals surface area contributed by atoms with Crippen LogP contribution < -0.4 is 0 Å². The molecule has 2 aromatic rings. The number of morpholine rings is 1. The average Bonchev–Trinajstić information content (AvgIpc) is 2.78. The number of para-hydroxylation sites is 2. The first-order valence-corrected chi connectivity index (χ1v) is 7.52. The molecule has 20 heavy (non-hydrogen) atoms. The summed E-state index contributed by atoms with van der Waals surface area (Å²) in [6.45, 7) is 5.97. The SMILES string of the molecule is CCCc1nc2ccccc2n1CC1CN(C)CCO1. The molecule has 0 spiro atoms. The molecule has 0 bridgehead atoms. The Hall–Kier alpha value is -1.39. The lowest BCUT2D eigenvalue weighted by Crippen LogP contribution is -2.42. The van der Waals surface area contributed by atoms with Gasteiger partial charge >= 0.3 is 0 Å². The van der Waals surface area contributed by atoms with Crippen LogP contribution in [-0.2, 0) is 17.7 Å². The lowest BCUT2D eigenvalue weighted by Gasteiger charge is -2.30. The van der Waals surface area contributed by atoms with Gasteiger partial charge < -0.3 is 14.2 Å². The molecule has 0 aliphatic carbocycles. The zero-order chi connectivity index (χ0) is 13.9. The first-order chi connectivity index (χ1) is 9.78. The highest BCUT2D eigenvalue weighted by Gasteiger charge is 2.20. The minimum atomic E-state index is 0.266. The van der Waals surface area contributed by atoms with E-state index in [1.807, 2.05) is 0 Å². The lowest BCUT2D eigenvalue weighted by atomic mass is 10.2. The van der Waals surface area contributed by atoms with Gasteiger partial charge in [-0.2, -0.15) is 0 Å². The van der Waals surface area contributed by atoms with Crippen molar-refractivity contribution in [2.75, 3.05) is 26.7 Å². The lowest BCUT2D eigenvalue weighted by molar-refractivity contribution is -0.0272. The van der Waals surface area contributed by atoms with E-state index in [0.29, 0.717) is 0 Å². The van der Waals surface area contributed by atoms with Crippen molar-refractivity contribution in [3.8, 4) is 0 Å². The van der Waals surface area contributed by atoms with Crippen molar-refractivity contribution in [2.24, 2.45) is 0 Å². The van der Waals surface area contributed by atoms with Crippen LogP contribution in [0.2, 0.25) is 0 Å². The zero-order valence-corrected chi connectivity index (χ0v) is 12.4. The maximum absolute atomic E-state index is 5.91. The molecule has 2 heterocycles. The number of aryl methyl sites for hydroxylation is 1. The van der Waals surface area contributed by atoms with Gasteiger partial charge in [-0.05, 0) is 25.6 Å². The summed E-state index contributed by atoms with van der Waals surface area (Å²) in [7, 11) is 2.16. The Balaban J connectivity index is 1.90. The van der Waals surface area contributed by atoms with Gasteiger partial charge in [0.25, 0.3) is 0 Å². The molecule has 0 radical (unpaired) electrons. The third kappa shape index (κ3) is 2.72. The number of likely N-dealkylation sites (N-methyl/N-ethyl adjacent to an activating group) is 1. The van der Waals surface area contributed by atoms with E-state index in [9.17, 15) is 0 Å². The fourth-order valence-electron chi connectivity index (χ4n) is 2.92. The number of nitrogens with zero attached hydrogens (tertiary/aromatic N) is 3. The quantitative estimate of drug-likeness (QED) is 0.856. The van der Waals surface area contributed by atoms with Crippen molar-refractivity contribution >= 4 is 11.0 Å². The van der Waals surface area contributed by atoms with Crippen LogP contribution in [0.5, 0.6) is 0 Å². The van der Waals surface area contributed by atoms with E-state index in [0.717, 1.165) is 44.6 Å². The predicted octanol–water partition coefficient (Wildman–Crippen LogP) is 2.32. The minimum absolute atomic E-state index is 0.266. The van der Waals surface area contributed by atoms with Crippen molar-refractivity contribution in [1.29, 1.82) is 0 Å². The van der Waals surface area contributed by atoms with Crippen molar-refractivity contribution < 1.29 is 4.74 Å². The van der Waals surface area contributed by atoms with Crippen LogP contribution in [-0.4, -0.2) is 47.3 Å². The van der Waals surface area contributed by atoms with Crippen molar-refractivity contribution in [1.82, 2.24) is 14.5 Å². The number of aromatic nitrogens is 2. The van der Waals surface area contributed by atoms with Crippen molar-refractivity contribution in [3.63, 3.8) is 0 Å². The first-order valence-electron chi connectivity index (χ1n) is 7.52. The summed E-state index contributed by atoms with van der Waals surface area (Å²) in [5.74, 6) is 1.19. The third-order valence-corrected chi connectivity index (χ3v) is 3.94. The standard InChI is InChI=1S/C16H23N3O/c1-3-6-16-17-14-7-4-5-8-15(14)19(16)12-13-11-18(2)9-10-20-13/h4-5,7-8,13H,3,6,9-12H2,1-2H3. The Labute approximate surface area is 120 Å². The summed E-state index contributed by atoms with van der Waals surface area (Å²) in [5.41, 5.74) is 2.33. The molecule has 1 unspecified atom stereocenters. The van der Waals surface area contributed by atoms with Crippen LogP contribution in [0.15, 0.2) is 24.3 Å². The molecule has 4 nitrogen and oxygen atoms in total. The number of ether oxygens (including phenoxy) is 1. The smallest absolute Gasteiger partial charge is 0.109 e. The fourth-order valence-corrected chi connectivity index (χ4v) is 2.92. The van der Waals surface area contributed by atoms with E-state index in [2.05, 4.69) is 47.7 Å². The van der Waals surface area contributed by atoms with E-state index in [-0.39, 0.29) is 6.10 Å². The molecular formula is C16H23N3O. The molecule has 0 saturated carbocycles. The van der Waals surface area contributed by atoms with E-state index in [1.165, 1.54) is 11.3 Å². The summed E-state index contributed by atoms with van der Waals surface area (Å²) in [6.07, 6.45) is 2.41. The van der Waals surface area contributed by atoms with Crippen molar-refractivity contribution in [3.05, 3.63) is 30.1 Å². The molecule has 1 aliphatic rings. The molecule has 4 heteroatoms. The molecule has 0 amide bonds. The topological polar surface area (TPSA) is 30.3 Å². The zero-order valence-electron chi connectivity index (χ0n) is 12.4. The molecule has 3 rings (SSSR count). The highest BCUT2D eigenvalue weighted by Crippen LogP contribution is 2.19. The highest BCUT2D eigenvalue weighted by molar-refractivity contribution is 5.75. The average molecular weight is 273 g/mol. The van der Waals surface area contributed by atoms with Gasteiger partial charge in [0, 0.05) is 19.5 Å². The molecule has 1 saturated heterocycles. The number of benzene rings is 1. The molecule has 1 aromatic carbocycles. The molecule has 1 aromatic heterocycles. The van der Waals surface area contributed by atoms with Crippen LogP contribution in [0.4, 0.5) is 0 Å². The summed E-state index contributed by atoms with van der Waals surface area (Å²) < 4.78 is 8.26. The van der Waals surface area contributed by atoms with Crippen LogP contribution in [0.25, 0.3) is 11.0 Å². The molecule has 1 atom stereocenters. The first kappa shape index (κ1) is 13.6. The molecule has 1 aliphatic heterocycles. The van der Waals surface area contributed by atoms with E-state index in [1.54, 1.807) is 0 Å². The molecule has 1 fully saturated rings. The van der Waals surface area contributed by atoms with Gasteiger partial charge in [0.1, 0.15) is 5.82 Å². The largest absolute Gasteiger partial charge is 0.374 e. The second kappa shape index (κ2) is 5.94. The molecular weight excluding hydrogens is 250 g/mol. The van der Waals surface area contributed by atoms with Gasteiger partial charge in [0.15, 0.2) is 0 Å². The monoisotopic (exact) mass is 273 g/mol. The Morgan fingerprint density at radius 2 is 2.20 bits per heavy atom. The number of fused-ring (bicyclic) bond motifs is 1. The second-order valence-corrected chi connectivity index (χ2v) is 5.63. The Morgan fingerprint density at radius 1 is 1.35 bits per heavy atom. The molecule has 108 valence electrons. The maximum Gasteiger partial charge on any atom is 0.109 e. The van der Waals surface area contributed by atoms with Gasteiger partial charge in [-0.25, -0.2) is 4.98 Å². The summed E-state index contributed by atoms with van der Waals surface area (Å²) in [6, 6.07) is 8.40. The molecule has 0 N–H and O–H groups in total. The third-order valence-electron chi connectivity index (χ3n) is 3.94. The summed E-state index contributed by atoms with van der Waals surface area (Å²) in [4.78, 5) is 7.12. The van der Waals surface area contributed by atoms with Crippen LogP contribution in [0, 0.1) is 0 Å². The van der Waals surface area contributed by atoms with Gasteiger partial charge in [-0.3, -0.25) is 0 Å². The Kier molecular flexibility index (Phi) is 4.03. The van der Waals surface area contributed by atoms with Crippen LogP contribution in [0.1, 0.15) is 19.2 Å². The van der Waals surface area contributed by atoms with Gasteiger partial charge in [-0.15, -0.1) is 0 Å². The number of rotatable bonds is 4. The van der Waals surface area contributed by atoms with Crippen LogP contribution in [0.3, 0.4) is 0 Å². The maximum atomic E-state index is 5.91. The summed E-state index contributed by atoms with van der Waals surface area (Å²) in [5, 5.41) is 0. The minimum Gasteiger partial charge on any atom is -0.374 e. The predicted molar refractivity (Wildman–Crippen MR) is 81.0 cm³/mol. The van der Waals surface area contributed by atoms with Gasteiger partial charge in [0.2, 0.25) is 0 Å². The Morgan fingerprint density at radius 3 is 3.00 bits per heavy atom. The number of imidazole rings is 1. The highest BCUT2D eigenvalue weighted by atomic mass is 16.5. The van der Waals surface area contributed by atoms with Crippen molar-refractivity contribution in [2.45, 2.75) is 32.4 Å².